The highest BCUT2D eigenvalue weighted by molar-refractivity contribution is 7.12. The lowest BCUT2D eigenvalue weighted by Gasteiger charge is -2.41. The van der Waals surface area contributed by atoms with Crippen LogP contribution in [0, 0.1) is 11.3 Å². The molecule has 1 saturated heterocycles. The number of hydrogen-bond donors (Lipinski definition) is 2. The maximum absolute atomic E-state index is 12.8. The molecule has 10 heteroatoms. The number of alkyl halides is 2. The summed E-state index contributed by atoms with van der Waals surface area (Å²) < 4.78 is 35.4. The maximum atomic E-state index is 12.8. The number of halogens is 2. The van der Waals surface area contributed by atoms with Crippen molar-refractivity contribution in [3.63, 3.8) is 0 Å². The Kier molecular flexibility index (Phi) is 11.3. The summed E-state index contributed by atoms with van der Waals surface area (Å²) in [5, 5.41) is 10.4. The van der Waals surface area contributed by atoms with Gasteiger partial charge < -0.3 is 15.2 Å². The van der Waals surface area contributed by atoms with Gasteiger partial charge in [-0.1, -0.05) is 38.5 Å². The summed E-state index contributed by atoms with van der Waals surface area (Å²) in [6.45, 7) is 7.31. The first-order valence-corrected chi connectivity index (χ1v) is 12.0. The highest BCUT2D eigenvalue weighted by atomic mass is 32.1. The Bertz CT molecular complexity index is 865. The average molecular weight is 500 g/mol. The highest BCUT2D eigenvalue weighted by Gasteiger charge is 2.32. The molecule has 0 aliphatic carbocycles. The van der Waals surface area contributed by atoms with Crippen LogP contribution in [0.2, 0.25) is 0 Å². The molecule has 2 aliphatic rings. The van der Waals surface area contributed by atoms with Crippen LogP contribution in [-0.4, -0.2) is 61.1 Å². The summed E-state index contributed by atoms with van der Waals surface area (Å²) in [6, 6.07) is 0. The van der Waals surface area contributed by atoms with Crippen LogP contribution < -0.4 is 5.32 Å². The zero-order valence-corrected chi connectivity index (χ0v) is 21.0. The third-order valence-electron chi connectivity index (χ3n) is 5.71. The number of nitrogens with zero attached hydrogens (tertiary/aromatic N) is 2. The molecule has 0 aromatic carbocycles. The topological polar surface area (TPSA) is 83.9 Å². The van der Waals surface area contributed by atoms with Crippen molar-refractivity contribution in [1.82, 2.24) is 15.2 Å². The van der Waals surface area contributed by atoms with Gasteiger partial charge in [-0.15, -0.1) is 11.3 Å². The summed E-state index contributed by atoms with van der Waals surface area (Å²) in [6.07, 6.45) is 10.5. The number of allylic oxidation sites excluding steroid dienone is 2. The fourth-order valence-electron chi connectivity index (χ4n) is 3.94. The summed E-state index contributed by atoms with van der Waals surface area (Å²) in [5.74, 6) is 0.571. The average Bonchev–Trinajstić information content (AvgIpc) is 3.22. The van der Waals surface area contributed by atoms with E-state index in [1.54, 1.807) is 25.5 Å². The van der Waals surface area contributed by atoms with E-state index in [0.29, 0.717) is 16.5 Å². The molecule has 0 saturated carbocycles. The number of hydrogen-bond acceptors (Lipinski definition) is 7. The van der Waals surface area contributed by atoms with Crippen molar-refractivity contribution in [3.05, 3.63) is 46.1 Å². The quantitative estimate of drug-likeness (QED) is 0.304. The molecule has 0 spiro atoms. The second-order valence-electron chi connectivity index (χ2n) is 9.24. The molecule has 1 aromatic heterocycles. The third-order valence-corrected chi connectivity index (χ3v) is 6.75. The lowest BCUT2D eigenvalue weighted by atomic mass is 9.75. The molecule has 2 N–H and O–H groups in total. The first-order valence-electron chi connectivity index (χ1n) is 11.2. The Labute approximate surface area is 204 Å². The number of aromatic nitrogens is 1. The van der Waals surface area contributed by atoms with Gasteiger partial charge in [-0.2, -0.15) is 8.78 Å². The predicted molar refractivity (Wildman–Crippen MR) is 129 cm³/mol. The molecule has 0 amide bonds. The third kappa shape index (κ3) is 8.90. The second kappa shape index (κ2) is 13.7. The molecule has 2 aliphatic heterocycles. The number of dihydropyridines is 1. The zero-order chi connectivity index (χ0) is 25.1. The molecule has 1 aromatic rings. The van der Waals surface area contributed by atoms with Crippen molar-refractivity contribution < 1.29 is 28.2 Å². The van der Waals surface area contributed by atoms with Crippen molar-refractivity contribution in [1.29, 1.82) is 0 Å². The Morgan fingerprint density at radius 3 is 2.79 bits per heavy atom. The number of rotatable bonds is 8. The van der Waals surface area contributed by atoms with Crippen LogP contribution >= 0.6 is 11.3 Å². The van der Waals surface area contributed by atoms with Crippen molar-refractivity contribution in [2.75, 3.05) is 26.8 Å². The molecule has 34 heavy (non-hydrogen) atoms. The SMILES string of the molecule is COCC/C=C1\CC(C(C)(C)C)CN(Cc2cnc(C3=CC=CNC3OC(F)F)s2)C1.O=CO. The molecule has 190 valence electrons. The number of methoxy groups -OCH3 is 1. The molecule has 3 heterocycles. The van der Waals surface area contributed by atoms with Crippen LogP contribution in [0.5, 0.6) is 0 Å². The molecule has 1 fully saturated rings. The first-order chi connectivity index (χ1) is 16.2. The molecule has 7 nitrogen and oxygen atoms in total. The number of carboxylic acid groups (broad SMARTS) is 1. The van der Waals surface area contributed by atoms with Gasteiger partial charge in [0.1, 0.15) is 5.01 Å². The van der Waals surface area contributed by atoms with Gasteiger partial charge in [-0.25, -0.2) is 4.98 Å². The van der Waals surface area contributed by atoms with Crippen molar-refractivity contribution in [2.24, 2.45) is 11.3 Å². The number of thiazole rings is 1. The Balaban J connectivity index is 0.00000129. The predicted octanol–water partition coefficient (Wildman–Crippen LogP) is 4.74. The van der Waals surface area contributed by atoms with E-state index < -0.39 is 12.8 Å². The second-order valence-corrected chi connectivity index (χ2v) is 10.4. The monoisotopic (exact) mass is 499 g/mol. The van der Waals surface area contributed by atoms with E-state index in [9.17, 15) is 8.78 Å². The molecule has 0 bridgehead atoms. The summed E-state index contributed by atoms with van der Waals surface area (Å²) in [7, 11) is 1.73. The van der Waals surface area contributed by atoms with Gasteiger partial charge >= 0.3 is 6.61 Å². The van der Waals surface area contributed by atoms with E-state index in [1.165, 1.54) is 16.9 Å². The summed E-state index contributed by atoms with van der Waals surface area (Å²) in [4.78, 5) is 16.5. The van der Waals surface area contributed by atoms with E-state index in [2.05, 4.69) is 42.0 Å². The number of likely N-dealkylation sites (tertiary alicyclic amines) is 1. The van der Waals surface area contributed by atoms with E-state index in [0.717, 1.165) is 44.0 Å². The lowest BCUT2D eigenvalue weighted by molar-refractivity contribution is -0.151. The van der Waals surface area contributed by atoms with Gasteiger partial charge in [-0.05, 0) is 36.5 Å². The van der Waals surface area contributed by atoms with Gasteiger partial charge in [0.25, 0.3) is 6.47 Å². The molecular formula is C24H35F2N3O4S. The number of carbonyl (C=O) groups is 1. The van der Waals surface area contributed by atoms with Crippen LogP contribution in [0.15, 0.2) is 36.2 Å². The number of nitrogens with one attached hydrogen (secondary N) is 1. The molecule has 3 rings (SSSR count). The van der Waals surface area contributed by atoms with Crippen LogP contribution in [-0.2, 0) is 20.8 Å². The molecule has 2 atom stereocenters. The lowest BCUT2D eigenvalue weighted by Crippen LogP contribution is -2.41. The molecule has 2 unspecified atom stereocenters. The van der Waals surface area contributed by atoms with Gasteiger partial charge in [0.15, 0.2) is 6.23 Å². The number of piperidine rings is 1. The van der Waals surface area contributed by atoms with E-state index in [1.807, 2.05) is 6.20 Å². The van der Waals surface area contributed by atoms with Crippen molar-refractivity contribution >= 4 is 23.4 Å². The standard InChI is InChI=1S/C23H33F2N3O2S.CH2O2/c1-23(2,3)17-11-16(7-6-10-29-4)13-28(14-17)15-18-12-27-21(31-18)19-8-5-9-26-20(19)30-22(24)25;2-1-3/h5,7-9,12,17,20,22,26H,6,10-11,13-15H2,1-4H3;1H,(H,2,3)/b16-7+;. The van der Waals surface area contributed by atoms with Crippen LogP contribution in [0.4, 0.5) is 8.78 Å². The Morgan fingerprint density at radius 2 is 2.15 bits per heavy atom. The fraction of sp³-hybridized carbons (Fsp3) is 0.583. The van der Waals surface area contributed by atoms with Crippen LogP contribution in [0.3, 0.4) is 0 Å². The van der Waals surface area contributed by atoms with E-state index >= 15 is 0 Å². The van der Waals surface area contributed by atoms with Crippen LogP contribution in [0.25, 0.3) is 5.57 Å². The van der Waals surface area contributed by atoms with E-state index in [4.69, 9.17) is 19.4 Å². The van der Waals surface area contributed by atoms with E-state index in [-0.39, 0.29) is 11.9 Å². The van der Waals surface area contributed by atoms with Crippen LogP contribution in [0.1, 0.15) is 43.5 Å². The van der Waals surface area contributed by atoms with Crippen molar-refractivity contribution in [2.45, 2.75) is 53.0 Å². The number of ether oxygens (including phenoxy) is 2. The maximum Gasteiger partial charge on any atom is 0.347 e. The normalized spacial score (nSPS) is 22.2. The van der Waals surface area contributed by atoms with Gasteiger partial charge in [0, 0.05) is 50.0 Å². The Morgan fingerprint density at radius 1 is 1.41 bits per heavy atom. The largest absolute Gasteiger partial charge is 0.483 e. The van der Waals surface area contributed by atoms with Crippen molar-refractivity contribution in [3.8, 4) is 0 Å². The molecule has 0 radical (unpaired) electrons. The zero-order valence-electron chi connectivity index (χ0n) is 20.2. The minimum absolute atomic E-state index is 0.225. The Hall–Kier alpha value is -2.14. The summed E-state index contributed by atoms with van der Waals surface area (Å²) in [5.41, 5.74) is 2.32. The minimum Gasteiger partial charge on any atom is -0.483 e. The van der Waals surface area contributed by atoms with Gasteiger partial charge in [-0.3, -0.25) is 14.4 Å². The van der Waals surface area contributed by atoms with Gasteiger partial charge in [0.2, 0.25) is 0 Å². The highest BCUT2D eigenvalue weighted by Crippen LogP contribution is 2.36. The smallest absolute Gasteiger partial charge is 0.347 e. The molecular weight excluding hydrogens is 464 g/mol. The minimum atomic E-state index is -2.85. The fourth-order valence-corrected chi connectivity index (χ4v) is 4.94. The van der Waals surface area contributed by atoms with Gasteiger partial charge in [0.05, 0.1) is 0 Å². The first kappa shape index (κ1) is 28.1. The summed E-state index contributed by atoms with van der Waals surface area (Å²) >= 11 is 1.54.